The van der Waals surface area contributed by atoms with Gasteiger partial charge in [-0.05, 0) is 41.8 Å². The Morgan fingerprint density at radius 3 is 2.29 bits per heavy atom. The molecule has 0 fully saturated rings. The Kier molecular flexibility index (Phi) is 4.63. The highest BCUT2D eigenvalue weighted by Crippen LogP contribution is 2.29. The number of Topliss-reactive ketones (excluding diaryl/α,β-unsaturated/α-hetero) is 1. The van der Waals surface area contributed by atoms with E-state index in [1.54, 1.807) is 19.2 Å². The first-order valence-electron chi connectivity index (χ1n) is 7.08. The van der Waals surface area contributed by atoms with Crippen molar-refractivity contribution in [3.8, 4) is 22.6 Å². The van der Waals surface area contributed by atoms with Crippen molar-refractivity contribution in [1.82, 2.24) is 0 Å². The van der Waals surface area contributed by atoms with E-state index in [4.69, 9.17) is 4.74 Å². The summed E-state index contributed by atoms with van der Waals surface area (Å²) in [5.41, 5.74) is 2.23. The van der Waals surface area contributed by atoms with Gasteiger partial charge >= 0.3 is 0 Å². The van der Waals surface area contributed by atoms with Crippen molar-refractivity contribution < 1.29 is 14.6 Å². The fourth-order valence-corrected chi connectivity index (χ4v) is 2.15. The van der Waals surface area contributed by atoms with Crippen LogP contribution in [-0.2, 0) is 0 Å². The number of rotatable bonds is 5. The smallest absolute Gasteiger partial charge is 0.169 e. The molecule has 0 heterocycles. The van der Waals surface area contributed by atoms with Gasteiger partial charge in [-0.3, -0.25) is 4.79 Å². The Morgan fingerprint density at radius 1 is 1.14 bits per heavy atom. The van der Waals surface area contributed by atoms with Gasteiger partial charge in [0, 0.05) is 5.92 Å². The average molecular weight is 284 g/mol. The Bertz CT molecular complexity index is 629. The zero-order chi connectivity index (χ0) is 15.4. The van der Waals surface area contributed by atoms with E-state index in [0.29, 0.717) is 5.56 Å². The third-order valence-corrected chi connectivity index (χ3v) is 3.75. The van der Waals surface area contributed by atoms with Crippen molar-refractivity contribution >= 4 is 5.78 Å². The van der Waals surface area contributed by atoms with Gasteiger partial charge in [0.25, 0.3) is 0 Å². The van der Waals surface area contributed by atoms with Crippen LogP contribution in [0.5, 0.6) is 11.5 Å². The number of ether oxygens (including phenoxy) is 1. The molecule has 21 heavy (non-hydrogen) atoms. The molecule has 3 nitrogen and oxygen atoms in total. The van der Waals surface area contributed by atoms with Crippen LogP contribution in [0.25, 0.3) is 11.1 Å². The summed E-state index contributed by atoms with van der Waals surface area (Å²) in [5, 5.41) is 10.1. The lowest BCUT2D eigenvalue weighted by atomic mass is 9.94. The van der Waals surface area contributed by atoms with E-state index in [-0.39, 0.29) is 17.5 Å². The number of hydrogen-bond acceptors (Lipinski definition) is 3. The monoisotopic (exact) mass is 284 g/mol. The fourth-order valence-electron chi connectivity index (χ4n) is 2.15. The first kappa shape index (κ1) is 15.1. The van der Waals surface area contributed by atoms with Gasteiger partial charge in [-0.2, -0.15) is 0 Å². The first-order chi connectivity index (χ1) is 10.1. The number of carbonyl (C=O) groups excluding carboxylic acids is 1. The summed E-state index contributed by atoms with van der Waals surface area (Å²) in [6, 6.07) is 12.8. The molecule has 1 unspecified atom stereocenters. The number of aromatic hydroxyl groups is 1. The van der Waals surface area contributed by atoms with Crippen LogP contribution in [0.4, 0.5) is 0 Å². The summed E-state index contributed by atoms with van der Waals surface area (Å²) in [4.78, 5) is 12.2. The molecule has 0 saturated heterocycles. The average Bonchev–Trinajstić information content (AvgIpc) is 2.53. The van der Waals surface area contributed by atoms with Gasteiger partial charge in [-0.15, -0.1) is 0 Å². The third-order valence-electron chi connectivity index (χ3n) is 3.75. The molecule has 0 spiro atoms. The largest absolute Gasteiger partial charge is 0.507 e. The SMILES string of the molecule is CCC(C)C(=O)c1ccc(-c2ccc(OC)cc2)cc1O. The lowest BCUT2D eigenvalue weighted by Gasteiger charge is -2.11. The Labute approximate surface area is 125 Å². The second-order valence-corrected chi connectivity index (χ2v) is 5.13. The minimum absolute atomic E-state index is 0.0173. The molecular weight excluding hydrogens is 264 g/mol. The molecule has 0 aromatic heterocycles. The normalized spacial score (nSPS) is 12.0. The summed E-state index contributed by atoms with van der Waals surface area (Å²) in [7, 11) is 1.62. The predicted octanol–water partition coefficient (Wildman–Crippen LogP) is 4.30. The number of methoxy groups -OCH3 is 1. The van der Waals surface area contributed by atoms with Gasteiger partial charge in [-0.25, -0.2) is 0 Å². The van der Waals surface area contributed by atoms with Crippen LogP contribution < -0.4 is 4.74 Å². The number of phenolic OH excluding ortho intramolecular Hbond substituents is 1. The van der Waals surface area contributed by atoms with Crippen LogP contribution in [0.3, 0.4) is 0 Å². The van der Waals surface area contributed by atoms with Crippen LogP contribution >= 0.6 is 0 Å². The van der Waals surface area contributed by atoms with Gasteiger partial charge in [0.15, 0.2) is 5.78 Å². The second kappa shape index (κ2) is 6.44. The van der Waals surface area contributed by atoms with Crippen LogP contribution in [0.15, 0.2) is 42.5 Å². The summed E-state index contributed by atoms with van der Waals surface area (Å²) >= 11 is 0. The standard InChI is InChI=1S/C18H20O3/c1-4-12(2)18(20)16-10-7-14(11-17(16)19)13-5-8-15(21-3)9-6-13/h5-12,19H,4H2,1-3H3. The van der Waals surface area contributed by atoms with Gasteiger partial charge in [0.2, 0.25) is 0 Å². The van der Waals surface area contributed by atoms with Crippen LogP contribution in [0, 0.1) is 5.92 Å². The number of ketones is 1. The highest BCUT2D eigenvalue weighted by molar-refractivity contribution is 6.00. The minimum Gasteiger partial charge on any atom is -0.507 e. The Hall–Kier alpha value is -2.29. The summed E-state index contributed by atoms with van der Waals surface area (Å²) in [6.07, 6.45) is 0.762. The molecule has 1 N–H and O–H groups in total. The van der Waals surface area contributed by atoms with Gasteiger partial charge in [0.1, 0.15) is 11.5 Å². The molecule has 0 aliphatic rings. The first-order valence-corrected chi connectivity index (χ1v) is 7.08. The van der Waals surface area contributed by atoms with Crippen molar-refractivity contribution in [2.75, 3.05) is 7.11 Å². The topological polar surface area (TPSA) is 46.5 Å². The molecule has 2 aromatic carbocycles. The van der Waals surface area contributed by atoms with Crippen molar-refractivity contribution in [3.63, 3.8) is 0 Å². The highest BCUT2D eigenvalue weighted by Gasteiger charge is 2.17. The van der Waals surface area contributed by atoms with Gasteiger partial charge < -0.3 is 9.84 Å². The van der Waals surface area contributed by atoms with E-state index in [9.17, 15) is 9.90 Å². The Balaban J connectivity index is 2.31. The lowest BCUT2D eigenvalue weighted by Crippen LogP contribution is -2.10. The maximum Gasteiger partial charge on any atom is 0.169 e. The third kappa shape index (κ3) is 3.24. The summed E-state index contributed by atoms with van der Waals surface area (Å²) in [6.45, 7) is 3.84. The van der Waals surface area contributed by atoms with E-state index in [0.717, 1.165) is 23.3 Å². The molecule has 0 radical (unpaired) electrons. The molecule has 110 valence electrons. The maximum atomic E-state index is 12.2. The molecule has 2 aromatic rings. The number of carbonyl (C=O) groups is 1. The quantitative estimate of drug-likeness (QED) is 0.833. The zero-order valence-corrected chi connectivity index (χ0v) is 12.6. The summed E-state index contributed by atoms with van der Waals surface area (Å²) in [5.74, 6) is 0.721. The van der Waals surface area contributed by atoms with Crippen LogP contribution in [-0.4, -0.2) is 18.0 Å². The molecule has 0 amide bonds. The van der Waals surface area contributed by atoms with E-state index >= 15 is 0 Å². The van der Waals surface area contributed by atoms with Crippen molar-refractivity contribution in [2.24, 2.45) is 5.92 Å². The molecule has 3 heteroatoms. The number of phenols is 1. The summed E-state index contributed by atoms with van der Waals surface area (Å²) < 4.78 is 5.12. The molecule has 1 atom stereocenters. The molecular formula is C18H20O3. The van der Waals surface area contributed by atoms with Crippen molar-refractivity contribution in [2.45, 2.75) is 20.3 Å². The van der Waals surface area contributed by atoms with E-state index in [2.05, 4.69) is 0 Å². The number of benzene rings is 2. The maximum absolute atomic E-state index is 12.2. The molecule has 2 rings (SSSR count). The highest BCUT2D eigenvalue weighted by atomic mass is 16.5. The predicted molar refractivity (Wildman–Crippen MR) is 83.9 cm³/mol. The molecule has 0 bridgehead atoms. The van der Waals surface area contributed by atoms with Gasteiger partial charge in [-0.1, -0.05) is 32.0 Å². The molecule has 0 aliphatic heterocycles. The van der Waals surface area contributed by atoms with Crippen molar-refractivity contribution in [3.05, 3.63) is 48.0 Å². The van der Waals surface area contributed by atoms with E-state index in [1.807, 2.05) is 44.2 Å². The molecule has 0 aliphatic carbocycles. The van der Waals surface area contributed by atoms with E-state index in [1.165, 1.54) is 0 Å². The second-order valence-electron chi connectivity index (χ2n) is 5.13. The minimum atomic E-state index is -0.0808. The molecule has 0 saturated carbocycles. The van der Waals surface area contributed by atoms with Crippen molar-refractivity contribution in [1.29, 1.82) is 0 Å². The number of hydrogen-bond donors (Lipinski definition) is 1. The Morgan fingerprint density at radius 2 is 1.76 bits per heavy atom. The zero-order valence-electron chi connectivity index (χ0n) is 12.6. The van der Waals surface area contributed by atoms with Gasteiger partial charge in [0.05, 0.1) is 12.7 Å². The van der Waals surface area contributed by atoms with Crippen LogP contribution in [0.2, 0.25) is 0 Å². The van der Waals surface area contributed by atoms with Crippen LogP contribution in [0.1, 0.15) is 30.6 Å². The van der Waals surface area contributed by atoms with E-state index < -0.39 is 0 Å². The fraction of sp³-hybridized carbons (Fsp3) is 0.278. The lowest BCUT2D eigenvalue weighted by molar-refractivity contribution is 0.0924.